The van der Waals surface area contributed by atoms with Crippen LogP contribution < -0.4 is 5.32 Å². The van der Waals surface area contributed by atoms with Crippen molar-refractivity contribution in [1.82, 2.24) is 25.3 Å². The highest BCUT2D eigenvalue weighted by molar-refractivity contribution is 6.39. The number of rotatable bonds is 9. The van der Waals surface area contributed by atoms with Gasteiger partial charge in [0, 0.05) is 28.8 Å². The fourth-order valence-electron chi connectivity index (χ4n) is 5.46. The van der Waals surface area contributed by atoms with Crippen LogP contribution in [0.3, 0.4) is 0 Å². The third-order valence-corrected chi connectivity index (χ3v) is 8.50. The third kappa shape index (κ3) is 6.01. The molecule has 2 heterocycles. The summed E-state index contributed by atoms with van der Waals surface area (Å²) < 4.78 is 0. The molecule has 7 heteroatoms. The average molecular weight is 561 g/mol. The molecular formula is C32H35Cl2N5. The zero-order chi connectivity index (χ0) is 27.4. The topological polar surface area (TPSA) is 63.6 Å². The molecule has 0 amide bonds. The summed E-state index contributed by atoms with van der Waals surface area (Å²) in [7, 11) is 0. The molecule has 0 spiro atoms. The maximum Gasteiger partial charge on any atom is 0.0903 e. The molecule has 0 aliphatic heterocycles. The first kappa shape index (κ1) is 27.7. The third-order valence-electron chi connectivity index (χ3n) is 7.69. The summed E-state index contributed by atoms with van der Waals surface area (Å²) in [5, 5.41) is 4.77. The van der Waals surface area contributed by atoms with Crippen molar-refractivity contribution >= 4 is 23.2 Å². The van der Waals surface area contributed by atoms with Gasteiger partial charge in [-0.1, -0.05) is 86.3 Å². The Balaban J connectivity index is 1.43. The van der Waals surface area contributed by atoms with Gasteiger partial charge in [0.2, 0.25) is 0 Å². The second kappa shape index (κ2) is 12.5. The molecule has 5 nitrogen and oxygen atoms in total. The number of aryl methyl sites for hydroxylation is 3. The van der Waals surface area contributed by atoms with E-state index in [1.165, 1.54) is 25.7 Å². The van der Waals surface area contributed by atoms with Crippen LogP contribution >= 0.6 is 23.2 Å². The second-order valence-corrected chi connectivity index (χ2v) is 11.0. The highest BCUT2D eigenvalue weighted by Crippen LogP contribution is 2.41. The van der Waals surface area contributed by atoms with Gasteiger partial charge in [-0.15, -0.1) is 0 Å². The Morgan fingerprint density at radius 2 is 1.28 bits per heavy atom. The Labute approximate surface area is 241 Å². The molecule has 39 heavy (non-hydrogen) atoms. The van der Waals surface area contributed by atoms with Gasteiger partial charge in [-0.2, -0.15) is 0 Å². The summed E-state index contributed by atoms with van der Waals surface area (Å²) in [4.78, 5) is 19.1. The van der Waals surface area contributed by atoms with Crippen molar-refractivity contribution in [2.45, 2.75) is 65.8 Å². The monoisotopic (exact) mass is 559 g/mol. The summed E-state index contributed by atoms with van der Waals surface area (Å²) in [6.45, 7) is 7.98. The van der Waals surface area contributed by atoms with Crippen molar-refractivity contribution in [2.24, 2.45) is 5.92 Å². The molecule has 2 aromatic carbocycles. The standard InChI is InChI=1S/C32H35Cl2N5/c1-4-26-27(5-2)39-30(19-36-26)25-15-9-13-23(32(25)34)22-12-8-14-24(31(22)33)29-18-37-28(20(3)38-29)17-35-16-21-10-6-7-11-21/h8-9,12-15,18-19,21,35H,4-7,10-11,16-17H2,1-3H3. The first-order valence-corrected chi connectivity index (χ1v) is 14.7. The number of benzene rings is 2. The minimum Gasteiger partial charge on any atom is -0.311 e. The van der Waals surface area contributed by atoms with Crippen LogP contribution in [0.25, 0.3) is 33.6 Å². The molecule has 0 radical (unpaired) electrons. The molecular weight excluding hydrogens is 525 g/mol. The summed E-state index contributed by atoms with van der Waals surface area (Å²) in [5.41, 5.74) is 8.78. The Kier molecular flexibility index (Phi) is 8.91. The summed E-state index contributed by atoms with van der Waals surface area (Å²) >= 11 is 14.0. The van der Waals surface area contributed by atoms with Gasteiger partial charge in [0.1, 0.15) is 0 Å². The molecule has 1 saturated carbocycles. The predicted molar refractivity (Wildman–Crippen MR) is 161 cm³/mol. The van der Waals surface area contributed by atoms with Crippen LogP contribution in [0.2, 0.25) is 10.0 Å². The highest BCUT2D eigenvalue weighted by Gasteiger charge is 2.18. The van der Waals surface area contributed by atoms with Gasteiger partial charge in [-0.25, -0.2) is 9.97 Å². The van der Waals surface area contributed by atoms with Crippen LogP contribution in [0.1, 0.15) is 62.3 Å². The maximum absolute atomic E-state index is 7.02. The maximum atomic E-state index is 7.02. The lowest BCUT2D eigenvalue weighted by Crippen LogP contribution is -2.22. The van der Waals surface area contributed by atoms with Crippen LogP contribution in [0, 0.1) is 12.8 Å². The van der Waals surface area contributed by atoms with Gasteiger partial charge in [-0.05, 0) is 45.1 Å². The van der Waals surface area contributed by atoms with Gasteiger partial charge in [0.25, 0.3) is 0 Å². The van der Waals surface area contributed by atoms with E-state index in [9.17, 15) is 0 Å². The lowest BCUT2D eigenvalue weighted by molar-refractivity contribution is 0.486. The number of hydrogen-bond donors (Lipinski definition) is 1. The van der Waals surface area contributed by atoms with Gasteiger partial charge < -0.3 is 5.32 Å². The van der Waals surface area contributed by atoms with Gasteiger partial charge >= 0.3 is 0 Å². The van der Waals surface area contributed by atoms with E-state index < -0.39 is 0 Å². The van der Waals surface area contributed by atoms with Crippen molar-refractivity contribution in [3.05, 3.63) is 81.6 Å². The SMILES string of the molecule is CCc1ncc(-c2cccc(-c3cccc(-c4cnc(CNCC5CCCC5)c(C)n4)c3Cl)c2Cl)nc1CC. The molecule has 202 valence electrons. The molecule has 1 aliphatic carbocycles. The van der Waals surface area contributed by atoms with E-state index in [0.29, 0.717) is 10.0 Å². The van der Waals surface area contributed by atoms with Gasteiger partial charge in [0.15, 0.2) is 0 Å². The normalized spacial score (nSPS) is 13.8. The second-order valence-electron chi connectivity index (χ2n) is 10.3. The number of nitrogens with one attached hydrogen (secondary N) is 1. The zero-order valence-electron chi connectivity index (χ0n) is 22.9. The van der Waals surface area contributed by atoms with Crippen molar-refractivity contribution in [3.63, 3.8) is 0 Å². The van der Waals surface area contributed by atoms with E-state index in [4.69, 9.17) is 38.2 Å². The van der Waals surface area contributed by atoms with Crippen LogP contribution in [-0.2, 0) is 19.4 Å². The molecule has 0 unspecified atom stereocenters. The molecule has 4 aromatic rings. The lowest BCUT2D eigenvalue weighted by atomic mass is 9.98. The minimum atomic E-state index is 0.596. The summed E-state index contributed by atoms with van der Waals surface area (Å²) in [6, 6.07) is 11.9. The number of halogens is 2. The number of nitrogens with zero attached hydrogens (tertiary/aromatic N) is 4. The van der Waals surface area contributed by atoms with E-state index in [0.717, 1.165) is 88.3 Å². The Morgan fingerprint density at radius 3 is 1.85 bits per heavy atom. The molecule has 1 N–H and O–H groups in total. The summed E-state index contributed by atoms with van der Waals surface area (Å²) in [5.74, 6) is 0.792. The van der Waals surface area contributed by atoms with Crippen molar-refractivity contribution in [2.75, 3.05) is 6.54 Å². The lowest BCUT2D eigenvalue weighted by Gasteiger charge is -2.15. The van der Waals surface area contributed by atoms with E-state index in [1.807, 2.05) is 55.7 Å². The Hall–Kier alpha value is -2.86. The van der Waals surface area contributed by atoms with Crippen molar-refractivity contribution < 1.29 is 0 Å². The van der Waals surface area contributed by atoms with Crippen molar-refractivity contribution in [1.29, 1.82) is 0 Å². The van der Waals surface area contributed by atoms with Crippen LogP contribution in [0.4, 0.5) is 0 Å². The van der Waals surface area contributed by atoms with Crippen molar-refractivity contribution in [3.8, 4) is 33.6 Å². The fourth-order valence-corrected chi connectivity index (χ4v) is 6.10. The van der Waals surface area contributed by atoms with Crippen LogP contribution in [0.5, 0.6) is 0 Å². The zero-order valence-corrected chi connectivity index (χ0v) is 24.4. The minimum absolute atomic E-state index is 0.596. The number of hydrogen-bond acceptors (Lipinski definition) is 5. The molecule has 1 fully saturated rings. The van der Waals surface area contributed by atoms with Crippen LogP contribution in [-0.4, -0.2) is 26.5 Å². The van der Waals surface area contributed by atoms with E-state index in [2.05, 4.69) is 24.1 Å². The van der Waals surface area contributed by atoms with E-state index in [1.54, 1.807) is 0 Å². The smallest absolute Gasteiger partial charge is 0.0903 e. The quantitative estimate of drug-likeness (QED) is 0.223. The Morgan fingerprint density at radius 1 is 0.744 bits per heavy atom. The van der Waals surface area contributed by atoms with Gasteiger partial charge in [0.05, 0.1) is 56.6 Å². The predicted octanol–water partition coefficient (Wildman–Crippen LogP) is 8.29. The molecule has 2 aromatic heterocycles. The molecule has 1 aliphatic rings. The summed E-state index contributed by atoms with van der Waals surface area (Å²) in [6.07, 6.45) is 10.7. The molecule has 0 atom stereocenters. The first-order valence-electron chi connectivity index (χ1n) is 14.0. The van der Waals surface area contributed by atoms with E-state index >= 15 is 0 Å². The largest absolute Gasteiger partial charge is 0.311 e. The average Bonchev–Trinajstić information content (AvgIpc) is 3.48. The Bertz CT molecular complexity index is 1460. The first-order chi connectivity index (χ1) is 19.0. The van der Waals surface area contributed by atoms with E-state index in [-0.39, 0.29) is 0 Å². The van der Waals surface area contributed by atoms with Crippen LogP contribution in [0.15, 0.2) is 48.8 Å². The molecule has 0 bridgehead atoms. The fraction of sp³-hybridized carbons (Fsp3) is 0.375. The van der Waals surface area contributed by atoms with Gasteiger partial charge in [-0.3, -0.25) is 9.97 Å². The highest BCUT2D eigenvalue weighted by atomic mass is 35.5. The molecule has 5 rings (SSSR count). The number of aromatic nitrogens is 4. The molecule has 0 saturated heterocycles.